The first kappa shape index (κ1) is 17.7. The summed E-state index contributed by atoms with van der Waals surface area (Å²) in [6.07, 6.45) is 10.9. The van der Waals surface area contributed by atoms with Crippen LogP contribution in [0.15, 0.2) is 24.3 Å². The largest absolute Gasteiger partial charge is 0.493 e. The first-order valence-corrected chi connectivity index (χ1v) is 8.44. The van der Waals surface area contributed by atoms with Crippen molar-refractivity contribution in [2.45, 2.75) is 71.6 Å². The normalized spacial score (nSPS) is 10.6. The summed E-state index contributed by atoms with van der Waals surface area (Å²) in [4.78, 5) is 11.2. The van der Waals surface area contributed by atoms with E-state index in [1.807, 2.05) is 24.3 Å². The molecule has 1 aromatic rings. The number of carbonyl (C=O) groups is 1. The van der Waals surface area contributed by atoms with E-state index in [0.29, 0.717) is 6.42 Å². The summed E-state index contributed by atoms with van der Waals surface area (Å²) in [5.74, 6) is 1.05. The van der Waals surface area contributed by atoms with Crippen LogP contribution >= 0.6 is 0 Å². The number of ketones is 1. The van der Waals surface area contributed by atoms with Gasteiger partial charge in [-0.2, -0.15) is 0 Å². The highest BCUT2D eigenvalue weighted by molar-refractivity contribution is 5.78. The van der Waals surface area contributed by atoms with Gasteiger partial charge in [-0.1, -0.05) is 70.1 Å². The fourth-order valence-corrected chi connectivity index (χ4v) is 2.48. The van der Waals surface area contributed by atoms with Crippen molar-refractivity contribution in [3.05, 3.63) is 29.8 Å². The van der Waals surface area contributed by atoms with Gasteiger partial charge < -0.3 is 4.74 Å². The summed E-state index contributed by atoms with van der Waals surface area (Å²) in [5.41, 5.74) is 1.00. The van der Waals surface area contributed by atoms with Gasteiger partial charge in [-0.15, -0.1) is 0 Å². The predicted molar refractivity (Wildman–Crippen MR) is 88.9 cm³/mol. The Kier molecular flexibility index (Phi) is 9.60. The van der Waals surface area contributed by atoms with Gasteiger partial charge in [0.1, 0.15) is 11.5 Å². The average molecular weight is 290 g/mol. The quantitative estimate of drug-likeness (QED) is 0.486. The zero-order valence-corrected chi connectivity index (χ0v) is 13.7. The van der Waals surface area contributed by atoms with Crippen LogP contribution in [0.1, 0.15) is 70.8 Å². The van der Waals surface area contributed by atoms with E-state index in [9.17, 15) is 4.79 Å². The second-order valence-electron chi connectivity index (χ2n) is 5.81. The van der Waals surface area contributed by atoms with Crippen LogP contribution in [-0.4, -0.2) is 12.4 Å². The van der Waals surface area contributed by atoms with Crippen LogP contribution in [0, 0.1) is 0 Å². The zero-order chi connectivity index (χ0) is 15.3. The van der Waals surface area contributed by atoms with Crippen molar-refractivity contribution < 1.29 is 9.53 Å². The molecule has 21 heavy (non-hydrogen) atoms. The zero-order valence-electron chi connectivity index (χ0n) is 13.7. The van der Waals surface area contributed by atoms with Gasteiger partial charge in [-0.3, -0.25) is 4.79 Å². The van der Waals surface area contributed by atoms with Gasteiger partial charge in [0, 0.05) is 12.0 Å². The van der Waals surface area contributed by atoms with E-state index < -0.39 is 0 Å². The molecule has 0 fully saturated rings. The van der Waals surface area contributed by atoms with Gasteiger partial charge in [-0.05, 0) is 19.4 Å². The van der Waals surface area contributed by atoms with Crippen LogP contribution < -0.4 is 4.74 Å². The Morgan fingerprint density at radius 3 is 2.24 bits per heavy atom. The lowest BCUT2D eigenvalue weighted by molar-refractivity contribution is -0.116. The van der Waals surface area contributed by atoms with E-state index in [4.69, 9.17) is 4.74 Å². The molecule has 2 heteroatoms. The Morgan fingerprint density at radius 1 is 0.952 bits per heavy atom. The summed E-state index contributed by atoms with van der Waals surface area (Å²) in [6, 6.07) is 7.86. The molecule has 0 radical (unpaired) electrons. The van der Waals surface area contributed by atoms with Crippen molar-refractivity contribution in [1.82, 2.24) is 0 Å². The topological polar surface area (TPSA) is 26.3 Å². The highest BCUT2D eigenvalue weighted by Gasteiger charge is 2.05. The molecule has 0 atom stereocenters. The second-order valence-corrected chi connectivity index (χ2v) is 5.81. The Balaban J connectivity index is 2.14. The number of hydrogen-bond acceptors (Lipinski definition) is 2. The number of hydrogen-bond donors (Lipinski definition) is 0. The maximum atomic E-state index is 11.2. The summed E-state index contributed by atoms with van der Waals surface area (Å²) in [7, 11) is 0. The second kappa shape index (κ2) is 11.4. The fourth-order valence-electron chi connectivity index (χ4n) is 2.48. The molecular weight excluding hydrogens is 260 g/mol. The molecule has 0 spiro atoms. The SMILES string of the molecule is CCCCCCCCCCOc1ccccc1CC(C)=O. The van der Waals surface area contributed by atoms with Gasteiger partial charge >= 0.3 is 0 Å². The standard InChI is InChI=1S/C19H30O2/c1-3-4-5-6-7-8-9-12-15-21-19-14-11-10-13-18(19)16-17(2)20/h10-11,13-14H,3-9,12,15-16H2,1-2H3. The van der Waals surface area contributed by atoms with Crippen molar-refractivity contribution in [3.8, 4) is 5.75 Å². The van der Waals surface area contributed by atoms with Crippen molar-refractivity contribution in [2.24, 2.45) is 0 Å². The number of para-hydroxylation sites is 1. The van der Waals surface area contributed by atoms with Gasteiger partial charge in [0.2, 0.25) is 0 Å². The Labute approximate surface area is 129 Å². The molecule has 0 N–H and O–H groups in total. The minimum absolute atomic E-state index is 0.179. The molecule has 0 aliphatic rings. The van der Waals surface area contributed by atoms with E-state index in [-0.39, 0.29) is 5.78 Å². The van der Waals surface area contributed by atoms with Crippen molar-refractivity contribution in [3.63, 3.8) is 0 Å². The Bertz CT molecular complexity index is 398. The van der Waals surface area contributed by atoms with Crippen LogP contribution in [0.5, 0.6) is 5.75 Å². The lowest BCUT2D eigenvalue weighted by atomic mass is 10.1. The fraction of sp³-hybridized carbons (Fsp3) is 0.632. The molecule has 1 rings (SSSR count). The molecule has 0 saturated heterocycles. The average Bonchev–Trinajstić information content (AvgIpc) is 2.46. The van der Waals surface area contributed by atoms with E-state index >= 15 is 0 Å². The Morgan fingerprint density at radius 2 is 1.57 bits per heavy atom. The summed E-state index contributed by atoms with van der Waals surface area (Å²) in [6.45, 7) is 4.63. The van der Waals surface area contributed by atoms with Crippen LogP contribution in [0.2, 0.25) is 0 Å². The molecule has 0 unspecified atom stereocenters. The van der Waals surface area contributed by atoms with E-state index in [1.54, 1.807) is 6.92 Å². The highest BCUT2D eigenvalue weighted by atomic mass is 16.5. The minimum Gasteiger partial charge on any atom is -0.493 e. The third-order valence-corrected chi connectivity index (χ3v) is 3.67. The monoisotopic (exact) mass is 290 g/mol. The number of rotatable bonds is 12. The van der Waals surface area contributed by atoms with Crippen LogP contribution in [0.4, 0.5) is 0 Å². The molecule has 0 aliphatic carbocycles. The predicted octanol–water partition coefficient (Wildman–Crippen LogP) is 5.34. The van der Waals surface area contributed by atoms with E-state index in [1.165, 1.54) is 44.9 Å². The van der Waals surface area contributed by atoms with Crippen LogP contribution in [-0.2, 0) is 11.2 Å². The van der Waals surface area contributed by atoms with Crippen molar-refractivity contribution in [2.75, 3.05) is 6.61 Å². The van der Waals surface area contributed by atoms with Gasteiger partial charge in [0.05, 0.1) is 6.61 Å². The first-order chi connectivity index (χ1) is 10.2. The number of carbonyl (C=O) groups excluding carboxylic acids is 1. The highest BCUT2D eigenvalue weighted by Crippen LogP contribution is 2.19. The molecule has 0 heterocycles. The molecule has 0 saturated carbocycles. The maximum absolute atomic E-state index is 11.2. The first-order valence-electron chi connectivity index (χ1n) is 8.44. The van der Waals surface area contributed by atoms with Gasteiger partial charge in [0.25, 0.3) is 0 Å². The molecule has 0 bridgehead atoms. The number of benzene rings is 1. The lowest BCUT2D eigenvalue weighted by Crippen LogP contribution is -2.03. The molecule has 118 valence electrons. The minimum atomic E-state index is 0.179. The van der Waals surface area contributed by atoms with Crippen LogP contribution in [0.3, 0.4) is 0 Å². The molecule has 2 nitrogen and oxygen atoms in total. The molecule has 0 amide bonds. The summed E-state index contributed by atoms with van der Waals surface area (Å²) in [5, 5.41) is 0. The molecular formula is C19H30O2. The van der Waals surface area contributed by atoms with E-state index in [2.05, 4.69) is 6.92 Å². The lowest BCUT2D eigenvalue weighted by Gasteiger charge is -2.10. The molecule has 1 aromatic carbocycles. The molecule has 0 aromatic heterocycles. The third-order valence-electron chi connectivity index (χ3n) is 3.67. The van der Waals surface area contributed by atoms with E-state index in [0.717, 1.165) is 24.3 Å². The Hall–Kier alpha value is -1.31. The molecule has 0 aliphatic heterocycles. The van der Waals surface area contributed by atoms with Crippen molar-refractivity contribution in [1.29, 1.82) is 0 Å². The third kappa shape index (κ3) is 8.54. The van der Waals surface area contributed by atoms with Crippen molar-refractivity contribution >= 4 is 5.78 Å². The van der Waals surface area contributed by atoms with Gasteiger partial charge in [0.15, 0.2) is 0 Å². The number of unbranched alkanes of at least 4 members (excludes halogenated alkanes) is 7. The number of Topliss-reactive ketones (excluding diaryl/α,β-unsaturated/α-hetero) is 1. The van der Waals surface area contributed by atoms with Crippen LogP contribution in [0.25, 0.3) is 0 Å². The summed E-state index contributed by atoms with van der Waals surface area (Å²) < 4.78 is 5.83. The summed E-state index contributed by atoms with van der Waals surface area (Å²) >= 11 is 0. The van der Waals surface area contributed by atoms with Gasteiger partial charge in [-0.25, -0.2) is 0 Å². The smallest absolute Gasteiger partial charge is 0.134 e. The number of ether oxygens (including phenoxy) is 1. The maximum Gasteiger partial charge on any atom is 0.134 e.